The molecule has 0 amide bonds. The van der Waals surface area contributed by atoms with Crippen LogP contribution in [0.4, 0.5) is 13.2 Å². The summed E-state index contributed by atoms with van der Waals surface area (Å²) in [5, 5.41) is 3.56. The van der Waals surface area contributed by atoms with E-state index >= 15 is 0 Å². The van der Waals surface area contributed by atoms with Gasteiger partial charge in [0, 0.05) is 0 Å². The minimum absolute atomic E-state index is 0.0890. The summed E-state index contributed by atoms with van der Waals surface area (Å²) >= 11 is 11.9. The van der Waals surface area contributed by atoms with Gasteiger partial charge in [-0.3, -0.25) is 0 Å². The van der Waals surface area contributed by atoms with Gasteiger partial charge >= 0.3 is 6.18 Å². The van der Waals surface area contributed by atoms with Crippen LogP contribution in [0.5, 0.6) is 0 Å². The third-order valence-corrected chi connectivity index (χ3v) is 3.03. The van der Waals surface area contributed by atoms with E-state index in [1.807, 2.05) is 6.92 Å². The van der Waals surface area contributed by atoms with Gasteiger partial charge in [0.25, 0.3) is 5.82 Å². The Kier molecular flexibility index (Phi) is 3.42. The van der Waals surface area contributed by atoms with E-state index in [1.165, 1.54) is 6.07 Å². The van der Waals surface area contributed by atoms with Crippen molar-refractivity contribution in [1.29, 1.82) is 0 Å². The van der Waals surface area contributed by atoms with E-state index in [4.69, 9.17) is 23.2 Å². The third-order valence-electron chi connectivity index (χ3n) is 2.35. The Labute approximate surface area is 111 Å². The minimum atomic E-state index is -4.62. The van der Waals surface area contributed by atoms with Crippen LogP contribution in [0.2, 0.25) is 10.2 Å². The molecule has 2 rings (SSSR count). The standard InChI is InChI=1S/C10H8Cl2F3N3/c1-2-3-5-4-6(11)8-16-9(10(13,14)15)17-18(8)7(5)12/h4H,2-3H2,1H3. The zero-order valence-corrected chi connectivity index (χ0v) is 10.7. The number of nitrogens with zero attached hydrogens (tertiary/aromatic N) is 3. The zero-order valence-electron chi connectivity index (χ0n) is 9.22. The lowest BCUT2D eigenvalue weighted by Gasteiger charge is -2.05. The molecule has 8 heteroatoms. The van der Waals surface area contributed by atoms with Crippen molar-refractivity contribution in [3.05, 3.63) is 27.6 Å². The molecular formula is C10H8Cl2F3N3. The summed E-state index contributed by atoms with van der Waals surface area (Å²) in [6, 6.07) is 1.53. The van der Waals surface area contributed by atoms with Crippen molar-refractivity contribution >= 4 is 28.8 Å². The molecule has 0 saturated carbocycles. The van der Waals surface area contributed by atoms with Crippen molar-refractivity contribution in [2.24, 2.45) is 0 Å². The average Bonchev–Trinajstić information content (AvgIpc) is 2.70. The number of alkyl halides is 3. The number of hydrogen-bond donors (Lipinski definition) is 0. The Balaban J connectivity index is 2.68. The Morgan fingerprint density at radius 3 is 2.56 bits per heavy atom. The molecule has 0 saturated heterocycles. The first-order valence-electron chi connectivity index (χ1n) is 5.15. The van der Waals surface area contributed by atoms with Gasteiger partial charge in [-0.05, 0) is 18.1 Å². The van der Waals surface area contributed by atoms with Gasteiger partial charge in [0.15, 0.2) is 5.65 Å². The summed E-state index contributed by atoms with van der Waals surface area (Å²) in [5.41, 5.74) is 0.559. The van der Waals surface area contributed by atoms with Crippen LogP contribution in [-0.4, -0.2) is 14.6 Å². The minimum Gasteiger partial charge on any atom is -0.202 e. The molecule has 0 atom stereocenters. The molecule has 0 aliphatic heterocycles. The highest BCUT2D eigenvalue weighted by molar-refractivity contribution is 6.35. The quantitative estimate of drug-likeness (QED) is 0.784. The number of fused-ring (bicyclic) bond motifs is 1. The fourth-order valence-corrected chi connectivity index (χ4v) is 2.10. The van der Waals surface area contributed by atoms with Gasteiger partial charge in [0.2, 0.25) is 0 Å². The van der Waals surface area contributed by atoms with E-state index in [9.17, 15) is 13.2 Å². The van der Waals surface area contributed by atoms with E-state index in [-0.39, 0.29) is 15.8 Å². The first-order valence-corrected chi connectivity index (χ1v) is 5.91. The molecule has 2 heterocycles. The molecular weight excluding hydrogens is 290 g/mol. The Bertz CT molecular complexity index is 592. The SMILES string of the molecule is CCCc1cc(Cl)c2nc(C(F)(F)F)nn2c1Cl. The number of pyridine rings is 1. The Hall–Kier alpha value is -1.01. The van der Waals surface area contributed by atoms with Crippen molar-refractivity contribution in [2.45, 2.75) is 25.9 Å². The van der Waals surface area contributed by atoms with Gasteiger partial charge in [0.1, 0.15) is 5.15 Å². The van der Waals surface area contributed by atoms with Crippen LogP contribution in [0.3, 0.4) is 0 Å². The molecule has 0 spiro atoms. The highest BCUT2D eigenvalue weighted by atomic mass is 35.5. The van der Waals surface area contributed by atoms with Gasteiger partial charge in [-0.1, -0.05) is 36.5 Å². The van der Waals surface area contributed by atoms with Crippen molar-refractivity contribution in [3.63, 3.8) is 0 Å². The molecule has 98 valence electrons. The number of halogens is 5. The largest absolute Gasteiger partial charge is 0.453 e. The molecule has 0 aromatic carbocycles. The summed E-state index contributed by atoms with van der Waals surface area (Å²) in [6.45, 7) is 1.93. The van der Waals surface area contributed by atoms with E-state index in [0.717, 1.165) is 10.9 Å². The summed E-state index contributed by atoms with van der Waals surface area (Å²) in [6.07, 6.45) is -3.22. The van der Waals surface area contributed by atoms with Crippen LogP contribution in [0, 0.1) is 0 Å². The van der Waals surface area contributed by atoms with Crippen molar-refractivity contribution in [1.82, 2.24) is 14.6 Å². The van der Waals surface area contributed by atoms with Crippen LogP contribution in [-0.2, 0) is 12.6 Å². The van der Waals surface area contributed by atoms with Gasteiger partial charge in [-0.25, -0.2) is 4.98 Å². The van der Waals surface area contributed by atoms with Gasteiger partial charge in [0.05, 0.1) is 5.02 Å². The molecule has 3 nitrogen and oxygen atoms in total. The lowest BCUT2D eigenvalue weighted by atomic mass is 10.2. The predicted molar refractivity (Wildman–Crippen MR) is 62.0 cm³/mol. The van der Waals surface area contributed by atoms with Gasteiger partial charge in [-0.15, -0.1) is 5.10 Å². The second-order valence-corrected chi connectivity index (χ2v) is 4.49. The second kappa shape index (κ2) is 4.59. The molecule has 0 bridgehead atoms. The van der Waals surface area contributed by atoms with Crippen LogP contribution in [0.25, 0.3) is 5.65 Å². The molecule has 0 N–H and O–H groups in total. The molecule has 2 aromatic heterocycles. The average molecular weight is 298 g/mol. The van der Waals surface area contributed by atoms with Crippen molar-refractivity contribution < 1.29 is 13.2 Å². The van der Waals surface area contributed by atoms with Crippen LogP contribution < -0.4 is 0 Å². The summed E-state index contributed by atoms with van der Waals surface area (Å²) in [7, 11) is 0. The molecule has 2 aromatic rings. The van der Waals surface area contributed by atoms with Gasteiger partial charge < -0.3 is 0 Å². The van der Waals surface area contributed by atoms with Crippen LogP contribution in [0.15, 0.2) is 6.07 Å². The zero-order chi connectivity index (χ0) is 13.5. The summed E-state index contributed by atoms with van der Waals surface area (Å²) in [5.74, 6) is -1.25. The van der Waals surface area contributed by atoms with Crippen LogP contribution in [0.1, 0.15) is 24.7 Å². The first kappa shape index (κ1) is 13.4. The third kappa shape index (κ3) is 2.27. The topological polar surface area (TPSA) is 30.2 Å². The summed E-state index contributed by atoms with van der Waals surface area (Å²) < 4.78 is 38.5. The lowest BCUT2D eigenvalue weighted by Crippen LogP contribution is -2.07. The normalized spacial score (nSPS) is 12.3. The Morgan fingerprint density at radius 1 is 1.33 bits per heavy atom. The molecule has 0 fully saturated rings. The smallest absolute Gasteiger partial charge is 0.202 e. The maximum atomic E-state index is 12.5. The van der Waals surface area contributed by atoms with Gasteiger partial charge in [-0.2, -0.15) is 17.7 Å². The molecule has 0 aliphatic carbocycles. The monoisotopic (exact) mass is 297 g/mol. The predicted octanol–water partition coefficient (Wildman–Crippen LogP) is 4.01. The molecule has 0 radical (unpaired) electrons. The Morgan fingerprint density at radius 2 is 2.00 bits per heavy atom. The lowest BCUT2D eigenvalue weighted by molar-refractivity contribution is -0.144. The maximum absolute atomic E-state index is 12.5. The van der Waals surface area contributed by atoms with E-state index < -0.39 is 12.0 Å². The van der Waals surface area contributed by atoms with E-state index in [0.29, 0.717) is 12.0 Å². The maximum Gasteiger partial charge on any atom is 0.453 e. The summed E-state index contributed by atoms with van der Waals surface area (Å²) in [4.78, 5) is 3.36. The van der Waals surface area contributed by atoms with Crippen LogP contribution >= 0.6 is 23.2 Å². The van der Waals surface area contributed by atoms with Crippen molar-refractivity contribution in [2.75, 3.05) is 0 Å². The molecule has 0 unspecified atom stereocenters. The number of rotatable bonds is 2. The molecule has 18 heavy (non-hydrogen) atoms. The number of aryl methyl sites for hydroxylation is 1. The fraction of sp³-hybridized carbons (Fsp3) is 0.400. The first-order chi connectivity index (χ1) is 8.34. The van der Waals surface area contributed by atoms with E-state index in [2.05, 4.69) is 10.1 Å². The highest BCUT2D eigenvalue weighted by Crippen LogP contribution is 2.31. The fourth-order valence-electron chi connectivity index (χ4n) is 1.58. The highest BCUT2D eigenvalue weighted by Gasteiger charge is 2.37. The van der Waals surface area contributed by atoms with Crippen molar-refractivity contribution in [3.8, 4) is 0 Å². The second-order valence-electron chi connectivity index (χ2n) is 3.73. The number of aromatic nitrogens is 3. The number of hydrogen-bond acceptors (Lipinski definition) is 2. The van der Waals surface area contributed by atoms with E-state index in [1.54, 1.807) is 0 Å². The molecule has 0 aliphatic rings.